The molecule has 2 aliphatic rings. The average molecular weight is 1230 g/mol. The molecule has 0 aromatic rings. The lowest BCUT2D eigenvalue weighted by Crippen LogP contribution is -2.65. The van der Waals surface area contributed by atoms with Gasteiger partial charge >= 0.3 is 0 Å². The fraction of sp³-hybridized carbons (Fsp3) is 0.877. The number of nitrogens with one attached hydrogen (secondary N) is 1. The minimum atomic E-state index is -1.79. The average Bonchev–Trinajstić information content (AvgIpc) is 2.33. The number of ether oxygens (including phenoxy) is 4. The first-order chi connectivity index (χ1) is 42.6. The van der Waals surface area contributed by atoms with Gasteiger partial charge in [0.25, 0.3) is 0 Å². The molecule has 2 fully saturated rings. The van der Waals surface area contributed by atoms with Gasteiger partial charge in [-0.2, -0.15) is 0 Å². The molecule has 0 aromatic carbocycles. The zero-order valence-corrected chi connectivity index (χ0v) is 55.5. The SMILES string of the molecule is CCCCCCCCCC/C=C\CCCCCCCCCCCCCC(=O)NC(COC1OC(CO)C(OC2OC(CO)C(O)C(O)C2O)C(O)C1O)C(O)/C=C/CC/C=C/CC/C=C/CCCCCCCCCCCCCCCCCCCCCC. The number of hydrogen-bond acceptors (Lipinski definition) is 13. The van der Waals surface area contributed by atoms with E-state index < -0.39 is 86.8 Å². The molecule has 0 bridgehead atoms. The number of unbranched alkanes of at least 4 members (excludes halogenated alkanes) is 41. The first-order valence-corrected chi connectivity index (χ1v) is 36.4. The van der Waals surface area contributed by atoms with Crippen molar-refractivity contribution in [2.75, 3.05) is 19.8 Å². The lowest BCUT2D eigenvalue weighted by molar-refractivity contribution is -0.359. The van der Waals surface area contributed by atoms with Crippen molar-refractivity contribution in [1.29, 1.82) is 0 Å². The standard InChI is InChI=1S/C73H135NO13/c1-3-5-7-9-11-13-15-17-19-21-23-25-27-28-29-30-31-32-33-35-36-38-40-42-44-46-48-50-52-54-56-62(77)61(60-84-72-70(83)68(81)71(64(59-76)86-72)87-73-69(82)67(80)66(79)63(58-75)85-73)74-65(78)57-55-53-51-49-47-45-43-41-39-37-34-26-24-22-20-18-16-14-12-10-8-6-4-2/h22,24,38,40,46,48,54,56,61-64,66-73,75-77,79-83H,3-21,23,25-37,39,41-45,47,49-53,55,57-60H2,1-2H3,(H,74,78)/b24-22-,40-38+,48-46+,56-54+. The number of carbonyl (C=O) groups is 1. The van der Waals surface area contributed by atoms with Crippen LogP contribution >= 0.6 is 0 Å². The molecule has 2 saturated heterocycles. The van der Waals surface area contributed by atoms with E-state index >= 15 is 0 Å². The second kappa shape index (κ2) is 57.8. The van der Waals surface area contributed by atoms with E-state index in [0.29, 0.717) is 12.8 Å². The lowest BCUT2D eigenvalue weighted by Gasteiger charge is -2.46. The molecule has 510 valence electrons. The van der Waals surface area contributed by atoms with E-state index in [2.05, 4.69) is 55.6 Å². The molecule has 87 heavy (non-hydrogen) atoms. The third-order valence-corrected chi connectivity index (χ3v) is 17.7. The van der Waals surface area contributed by atoms with Crippen LogP contribution in [0, 0.1) is 0 Å². The summed E-state index contributed by atoms with van der Waals surface area (Å²) in [6, 6.07) is -0.940. The van der Waals surface area contributed by atoms with Crippen LogP contribution in [0.25, 0.3) is 0 Å². The van der Waals surface area contributed by atoms with Crippen LogP contribution in [0.4, 0.5) is 0 Å². The van der Waals surface area contributed by atoms with Crippen molar-refractivity contribution in [3.05, 3.63) is 48.6 Å². The van der Waals surface area contributed by atoms with Crippen molar-refractivity contribution in [2.24, 2.45) is 0 Å². The van der Waals surface area contributed by atoms with E-state index in [1.807, 2.05) is 6.08 Å². The fourth-order valence-corrected chi connectivity index (χ4v) is 11.9. The third-order valence-electron chi connectivity index (χ3n) is 17.7. The second-order valence-electron chi connectivity index (χ2n) is 25.7. The van der Waals surface area contributed by atoms with Crippen molar-refractivity contribution < 1.29 is 64.6 Å². The Labute approximate surface area is 531 Å². The minimum Gasteiger partial charge on any atom is -0.394 e. The number of carbonyl (C=O) groups excluding carboxylic acids is 1. The van der Waals surface area contributed by atoms with Crippen LogP contribution in [0.1, 0.15) is 316 Å². The molecule has 12 atom stereocenters. The summed E-state index contributed by atoms with van der Waals surface area (Å²) in [6.07, 6.45) is 58.9. The Hall–Kier alpha value is -2.05. The van der Waals surface area contributed by atoms with Gasteiger partial charge in [0.1, 0.15) is 48.8 Å². The highest BCUT2D eigenvalue weighted by Crippen LogP contribution is 2.30. The quantitative estimate of drug-likeness (QED) is 0.0204. The number of amides is 1. The van der Waals surface area contributed by atoms with Gasteiger partial charge in [0.15, 0.2) is 12.6 Å². The van der Waals surface area contributed by atoms with Gasteiger partial charge < -0.3 is 65.1 Å². The number of aliphatic hydroxyl groups excluding tert-OH is 8. The number of hydrogen-bond donors (Lipinski definition) is 9. The van der Waals surface area contributed by atoms with Crippen LogP contribution in [-0.2, 0) is 23.7 Å². The Morgan fingerprint density at radius 2 is 0.736 bits per heavy atom. The van der Waals surface area contributed by atoms with Gasteiger partial charge in [-0.05, 0) is 70.6 Å². The summed E-state index contributed by atoms with van der Waals surface area (Å²) < 4.78 is 22.8. The maximum Gasteiger partial charge on any atom is 0.220 e. The van der Waals surface area contributed by atoms with Gasteiger partial charge in [-0.15, -0.1) is 0 Å². The van der Waals surface area contributed by atoms with E-state index in [9.17, 15) is 45.6 Å². The Bertz CT molecular complexity index is 1640. The first kappa shape index (κ1) is 81.0. The number of aliphatic hydroxyl groups is 8. The predicted molar refractivity (Wildman–Crippen MR) is 355 cm³/mol. The van der Waals surface area contributed by atoms with Gasteiger partial charge in [-0.1, -0.05) is 287 Å². The van der Waals surface area contributed by atoms with Gasteiger partial charge in [-0.25, -0.2) is 0 Å². The largest absolute Gasteiger partial charge is 0.394 e. The third kappa shape index (κ3) is 41.9. The molecule has 12 unspecified atom stereocenters. The van der Waals surface area contributed by atoms with Crippen LogP contribution in [0.15, 0.2) is 48.6 Å². The summed E-state index contributed by atoms with van der Waals surface area (Å²) in [6.45, 7) is 2.82. The van der Waals surface area contributed by atoms with Crippen LogP contribution in [0.3, 0.4) is 0 Å². The van der Waals surface area contributed by atoms with Crippen molar-refractivity contribution in [3.63, 3.8) is 0 Å². The zero-order chi connectivity index (χ0) is 63.1. The van der Waals surface area contributed by atoms with E-state index in [4.69, 9.17) is 18.9 Å². The van der Waals surface area contributed by atoms with E-state index in [1.165, 1.54) is 238 Å². The Balaban J connectivity index is 1.69. The van der Waals surface area contributed by atoms with E-state index in [1.54, 1.807) is 6.08 Å². The van der Waals surface area contributed by atoms with Crippen molar-refractivity contribution in [2.45, 2.75) is 389 Å². The van der Waals surface area contributed by atoms with Crippen molar-refractivity contribution in [3.8, 4) is 0 Å². The maximum atomic E-state index is 13.3. The molecule has 0 aliphatic carbocycles. The Kier molecular flexibility index (Phi) is 53.9. The van der Waals surface area contributed by atoms with Gasteiger partial charge in [0.2, 0.25) is 5.91 Å². The monoisotopic (exact) mass is 1230 g/mol. The molecular formula is C73H135NO13. The molecule has 14 heteroatoms. The maximum absolute atomic E-state index is 13.3. The van der Waals surface area contributed by atoms with Crippen molar-refractivity contribution in [1.82, 2.24) is 5.32 Å². The summed E-state index contributed by atoms with van der Waals surface area (Å²) in [5.74, 6) is -0.251. The molecule has 0 saturated carbocycles. The number of allylic oxidation sites excluding steroid dienone is 7. The topological polar surface area (TPSA) is 228 Å². The highest BCUT2D eigenvalue weighted by atomic mass is 16.7. The predicted octanol–water partition coefficient (Wildman–Crippen LogP) is 15.1. The summed E-state index contributed by atoms with van der Waals surface area (Å²) in [5.41, 5.74) is 0. The normalized spacial score (nSPS) is 23.5. The summed E-state index contributed by atoms with van der Waals surface area (Å²) in [7, 11) is 0. The molecule has 14 nitrogen and oxygen atoms in total. The molecule has 1 amide bonds. The highest BCUT2D eigenvalue weighted by molar-refractivity contribution is 5.76. The molecule has 2 rings (SSSR count). The zero-order valence-electron chi connectivity index (χ0n) is 55.5. The molecule has 9 N–H and O–H groups in total. The van der Waals surface area contributed by atoms with Crippen LogP contribution < -0.4 is 5.32 Å². The van der Waals surface area contributed by atoms with Gasteiger partial charge in [-0.3, -0.25) is 4.79 Å². The van der Waals surface area contributed by atoms with Crippen LogP contribution in [0.5, 0.6) is 0 Å². The number of rotatable bonds is 60. The first-order valence-electron chi connectivity index (χ1n) is 36.4. The molecule has 0 aromatic heterocycles. The van der Waals surface area contributed by atoms with Crippen LogP contribution in [-0.4, -0.2) is 140 Å². The van der Waals surface area contributed by atoms with Gasteiger partial charge in [0, 0.05) is 6.42 Å². The minimum absolute atomic E-state index is 0.251. The summed E-state index contributed by atoms with van der Waals surface area (Å²) in [4.78, 5) is 13.3. The smallest absolute Gasteiger partial charge is 0.220 e. The molecular weight excluding hydrogens is 1100 g/mol. The molecule has 0 radical (unpaired) electrons. The van der Waals surface area contributed by atoms with Crippen LogP contribution in [0.2, 0.25) is 0 Å². The summed E-state index contributed by atoms with van der Waals surface area (Å²) >= 11 is 0. The molecule has 2 heterocycles. The highest BCUT2D eigenvalue weighted by Gasteiger charge is 2.51. The fourth-order valence-electron chi connectivity index (χ4n) is 11.9. The Morgan fingerprint density at radius 1 is 0.402 bits per heavy atom. The Morgan fingerprint density at radius 3 is 1.13 bits per heavy atom. The lowest BCUT2D eigenvalue weighted by atomic mass is 9.97. The van der Waals surface area contributed by atoms with E-state index in [0.717, 1.165) is 44.9 Å². The van der Waals surface area contributed by atoms with Crippen molar-refractivity contribution >= 4 is 5.91 Å². The van der Waals surface area contributed by atoms with E-state index in [-0.39, 0.29) is 18.9 Å². The molecule has 0 spiro atoms. The summed E-state index contributed by atoms with van der Waals surface area (Å²) in [5, 5.41) is 87.4. The second-order valence-corrected chi connectivity index (χ2v) is 25.7. The molecule has 2 aliphatic heterocycles. The van der Waals surface area contributed by atoms with Gasteiger partial charge in [0.05, 0.1) is 32.0 Å².